The second-order valence-electron chi connectivity index (χ2n) is 3.81. The van der Waals surface area contributed by atoms with Crippen LogP contribution in [0, 0.1) is 0 Å². The number of methoxy groups -OCH3 is 1. The second-order valence-corrected chi connectivity index (χ2v) is 4.74. The molecular formula is C14H11N3OS. The van der Waals surface area contributed by atoms with Gasteiger partial charge in [0.2, 0.25) is 5.88 Å². The Morgan fingerprint density at radius 1 is 1.11 bits per heavy atom. The van der Waals surface area contributed by atoms with Crippen molar-refractivity contribution in [1.82, 2.24) is 15.0 Å². The molecule has 2 aromatic heterocycles. The molecule has 0 amide bonds. The summed E-state index contributed by atoms with van der Waals surface area (Å²) in [5, 5.41) is 2.86. The van der Waals surface area contributed by atoms with Crippen LogP contribution in [0.2, 0.25) is 0 Å². The number of para-hydroxylation sites is 2. The molecule has 5 heteroatoms. The third-order valence-electron chi connectivity index (χ3n) is 2.59. The van der Waals surface area contributed by atoms with Crippen molar-refractivity contribution in [2.75, 3.05) is 7.11 Å². The molecule has 0 aliphatic rings. The van der Waals surface area contributed by atoms with Crippen molar-refractivity contribution in [3.8, 4) is 5.88 Å². The highest BCUT2D eigenvalue weighted by molar-refractivity contribution is 7.10. The van der Waals surface area contributed by atoms with Gasteiger partial charge in [0.05, 0.1) is 18.1 Å². The van der Waals surface area contributed by atoms with E-state index in [4.69, 9.17) is 4.74 Å². The molecule has 2 heterocycles. The van der Waals surface area contributed by atoms with Gasteiger partial charge in [0.15, 0.2) is 0 Å². The molecule has 0 aliphatic carbocycles. The third-order valence-corrected chi connectivity index (χ3v) is 3.33. The van der Waals surface area contributed by atoms with Gasteiger partial charge >= 0.3 is 0 Å². The van der Waals surface area contributed by atoms with E-state index < -0.39 is 0 Å². The number of hydrogen-bond acceptors (Lipinski definition) is 5. The van der Waals surface area contributed by atoms with Gasteiger partial charge in [-0.3, -0.25) is 0 Å². The molecule has 3 rings (SSSR count). The summed E-state index contributed by atoms with van der Waals surface area (Å²) in [5.41, 5.74) is 2.38. The van der Waals surface area contributed by atoms with Crippen LogP contribution >= 0.6 is 11.3 Å². The zero-order chi connectivity index (χ0) is 13.1. The highest BCUT2D eigenvalue weighted by Gasteiger charge is 2.06. The maximum absolute atomic E-state index is 5.28. The van der Waals surface area contributed by atoms with Crippen LogP contribution in [-0.2, 0) is 0 Å². The van der Waals surface area contributed by atoms with E-state index in [0.29, 0.717) is 11.6 Å². The fraction of sp³-hybridized carbons (Fsp3) is 0.0714. The van der Waals surface area contributed by atoms with Gasteiger partial charge < -0.3 is 4.74 Å². The third kappa shape index (κ3) is 2.46. The first-order chi connectivity index (χ1) is 9.36. The van der Waals surface area contributed by atoms with E-state index in [-0.39, 0.29) is 0 Å². The van der Waals surface area contributed by atoms with Crippen LogP contribution < -0.4 is 4.74 Å². The monoisotopic (exact) mass is 269 g/mol. The summed E-state index contributed by atoms with van der Waals surface area (Å²) in [6.45, 7) is 0. The van der Waals surface area contributed by atoms with Gasteiger partial charge in [0.25, 0.3) is 0 Å². The Kier molecular flexibility index (Phi) is 3.20. The first-order valence-electron chi connectivity index (χ1n) is 5.75. The lowest BCUT2D eigenvalue weighted by Gasteiger charge is -2.04. The Morgan fingerprint density at radius 3 is 2.58 bits per heavy atom. The Balaban J connectivity index is 2.06. The van der Waals surface area contributed by atoms with Gasteiger partial charge in [-0.25, -0.2) is 15.0 Å². The predicted octanol–water partition coefficient (Wildman–Crippen LogP) is 3.27. The molecule has 4 nitrogen and oxygen atoms in total. The van der Waals surface area contributed by atoms with E-state index in [9.17, 15) is 0 Å². The second kappa shape index (κ2) is 5.16. The van der Waals surface area contributed by atoms with Crippen LogP contribution in [0.15, 0.2) is 35.8 Å². The lowest BCUT2D eigenvalue weighted by Crippen LogP contribution is -1.95. The van der Waals surface area contributed by atoms with Crippen LogP contribution in [0.1, 0.15) is 10.7 Å². The van der Waals surface area contributed by atoms with Gasteiger partial charge in [-0.15, -0.1) is 11.3 Å². The highest BCUT2D eigenvalue weighted by Crippen LogP contribution is 2.20. The molecule has 0 N–H and O–H groups in total. The zero-order valence-electron chi connectivity index (χ0n) is 10.3. The van der Waals surface area contributed by atoms with E-state index in [1.807, 2.05) is 41.8 Å². The Labute approximate surface area is 114 Å². The zero-order valence-corrected chi connectivity index (χ0v) is 11.1. The first kappa shape index (κ1) is 11.8. The minimum atomic E-state index is 0.520. The van der Waals surface area contributed by atoms with Gasteiger partial charge in [-0.1, -0.05) is 12.1 Å². The van der Waals surface area contributed by atoms with Crippen LogP contribution in [0.3, 0.4) is 0 Å². The van der Waals surface area contributed by atoms with Crippen molar-refractivity contribution < 1.29 is 4.74 Å². The van der Waals surface area contributed by atoms with Gasteiger partial charge in [-0.05, 0) is 24.3 Å². The van der Waals surface area contributed by atoms with Crippen molar-refractivity contribution in [2.24, 2.45) is 0 Å². The molecule has 0 saturated heterocycles. The van der Waals surface area contributed by atoms with E-state index in [1.54, 1.807) is 24.6 Å². The minimum Gasteiger partial charge on any atom is -0.479 e. The first-order valence-corrected chi connectivity index (χ1v) is 6.63. The lowest BCUT2D eigenvalue weighted by molar-refractivity contribution is 0.396. The minimum absolute atomic E-state index is 0.520. The average molecular weight is 269 g/mol. The summed E-state index contributed by atoms with van der Waals surface area (Å²) in [4.78, 5) is 13.2. The molecule has 3 aromatic rings. The number of rotatable bonds is 3. The number of nitrogens with zero attached hydrogens (tertiary/aromatic N) is 3. The van der Waals surface area contributed by atoms with Crippen LogP contribution in [0.4, 0.5) is 0 Å². The smallest absolute Gasteiger partial charge is 0.240 e. The van der Waals surface area contributed by atoms with Gasteiger partial charge in [0.1, 0.15) is 10.7 Å². The topological polar surface area (TPSA) is 47.9 Å². The standard InChI is InChI=1S/C14H11N3OS/c1-18-14-12(6-7-13-15-8-9-19-13)16-10-4-2-3-5-11(10)17-14/h2-9H,1H3/b7-6+. The van der Waals surface area contributed by atoms with Crippen molar-refractivity contribution >= 4 is 34.5 Å². The Bertz CT molecular complexity index is 723. The molecule has 0 fully saturated rings. The molecule has 94 valence electrons. The summed E-state index contributed by atoms with van der Waals surface area (Å²) in [7, 11) is 1.60. The van der Waals surface area contributed by atoms with Crippen LogP contribution in [0.25, 0.3) is 23.2 Å². The molecule has 0 spiro atoms. The molecular weight excluding hydrogens is 258 g/mol. The molecule has 0 unspecified atom stereocenters. The average Bonchev–Trinajstić information content (AvgIpc) is 2.97. The molecule has 0 radical (unpaired) electrons. The molecule has 0 saturated carbocycles. The van der Waals surface area contributed by atoms with E-state index in [1.165, 1.54) is 0 Å². The Morgan fingerprint density at radius 2 is 1.89 bits per heavy atom. The molecule has 0 atom stereocenters. The molecule has 0 bridgehead atoms. The van der Waals surface area contributed by atoms with E-state index >= 15 is 0 Å². The highest BCUT2D eigenvalue weighted by atomic mass is 32.1. The van der Waals surface area contributed by atoms with Gasteiger partial charge in [0, 0.05) is 11.6 Å². The lowest BCUT2D eigenvalue weighted by atomic mass is 10.3. The summed E-state index contributed by atoms with van der Waals surface area (Å²) < 4.78 is 5.28. The molecule has 0 aliphatic heterocycles. The van der Waals surface area contributed by atoms with Gasteiger partial charge in [-0.2, -0.15) is 0 Å². The van der Waals surface area contributed by atoms with Crippen molar-refractivity contribution in [1.29, 1.82) is 0 Å². The Hall–Kier alpha value is -2.27. The largest absolute Gasteiger partial charge is 0.479 e. The normalized spacial score (nSPS) is 11.2. The number of benzene rings is 1. The molecule has 1 aromatic carbocycles. The quantitative estimate of drug-likeness (QED) is 0.732. The molecule has 19 heavy (non-hydrogen) atoms. The number of aromatic nitrogens is 3. The van der Waals surface area contributed by atoms with Crippen molar-refractivity contribution in [2.45, 2.75) is 0 Å². The fourth-order valence-corrected chi connectivity index (χ4v) is 2.25. The van der Waals surface area contributed by atoms with Crippen molar-refractivity contribution in [3.05, 3.63) is 46.5 Å². The predicted molar refractivity (Wildman–Crippen MR) is 77.1 cm³/mol. The number of hydrogen-bond donors (Lipinski definition) is 0. The number of fused-ring (bicyclic) bond motifs is 1. The summed E-state index contributed by atoms with van der Waals surface area (Å²) in [6.07, 6.45) is 5.55. The summed E-state index contributed by atoms with van der Waals surface area (Å²) in [6, 6.07) is 7.72. The van der Waals surface area contributed by atoms with E-state index in [0.717, 1.165) is 16.0 Å². The van der Waals surface area contributed by atoms with E-state index in [2.05, 4.69) is 15.0 Å². The van der Waals surface area contributed by atoms with Crippen LogP contribution in [-0.4, -0.2) is 22.1 Å². The fourth-order valence-electron chi connectivity index (χ4n) is 1.72. The van der Waals surface area contributed by atoms with Crippen LogP contribution in [0.5, 0.6) is 5.88 Å². The maximum atomic E-state index is 5.28. The summed E-state index contributed by atoms with van der Waals surface area (Å²) in [5.74, 6) is 0.520. The number of thiazole rings is 1. The van der Waals surface area contributed by atoms with Crippen molar-refractivity contribution in [3.63, 3.8) is 0 Å². The number of ether oxygens (including phenoxy) is 1. The summed E-state index contributed by atoms with van der Waals surface area (Å²) >= 11 is 1.57. The maximum Gasteiger partial charge on any atom is 0.240 e. The SMILES string of the molecule is COc1nc2ccccc2nc1/C=C/c1nccs1.